The zero-order valence-electron chi connectivity index (χ0n) is 18.0. The standard InChI is InChI=1S/C22H21N5O4S2/c1-13-8-18(28)16-6-4-14(9-19(16)31-13)26-21-11-22(25-12-24-21)27-17-10-15(33(29,30)23-2)5-7-20(17)32-3/h4-12,23H,1-3H3,(H2,24,25,26,27). The van der Waals surface area contributed by atoms with E-state index in [0.29, 0.717) is 39.7 Å². The highest BCUT2D eigenvalue weighted by Gasteiger charge is 2.14. The first kappa shape index (κ1) is 22.8. The molecule has 0 saturated carbocycles. The van der Waals surface area contributed by atoms with Gasteiger partial charge in [0.15, 0.2) is 5.43 Å². The van der Waals surface area contributed by atoms with Gasteiger partial charge in [-0.25, -0.2) is 23.1 Å². The van der Waals surface area contributed by atoms with E-state index in [0.717, 1.165) is 4.90 Å². The predicted octanol–water partition coefficient (Wildman–Crippen LogP) is 4.01. The highest BCUT2D eigenvalue weighted by Crippen LogP contribution is 2.31. The fourth-order valence-electron chi connectivity index (χ4n) is 3.20. The molecule has 3 N–H and O–H groups in total. The minimum Gasteiger partial charge on any atom is -0.461 e. The molecule has 2 aromatic heterocycles. The summed E-state index contributed by atoms with van der Waals surface area (Å²) in [5.74, 6) is 1.52. The van der Waals surface area contributed by atoms with Crippen molar-refractivity contribution in [2.45, 2.75) is 16.7 Å². The number of fused-ring (bicyclic) bond motifs is 1. The molecule has 11 heteroatoms. The van der Waals surface area contributed by atoms with Crippen LogP contribution in [0.5, 0.6) is 0 Å². The third kappa shape index (κ3) is 5.00. The Balaban J connectivity index is 1.62. The first-order chi connectivity index (χ1) is 15.8. The van der Waals surface area contributed by atoms with E-state index in [1.165, 1.54) is 31.2 Å². The summed E-state index contributed by atoms with van der Waals surface area (Å²) < 4.78 is 32.4. The van der Waals surface area contributed by atoms with Crippen LogP contribution < -0.4 is 20.8 Å². The summed E-state index contributed by atoms with van der Waals surface area (Å²) in [5, 5.41) is 6.83. The summed E-state index contributed by atoms with van der Waals surface area (Å²) in [6.07, 6.45) is 3.29. The topological polar surface area (TPSA) is 126 Å². The number of aromatic nitrogens is 2. The molecule has 0 saturated heterocycles. The van der Waals surface area contributed by atoms with Crippen LogP contribution in [0.25, 0.3) is 11.0 Å². The van der Waals surface area contributed by atoms with Crippen LogP contribution in [0, 0.1) is 6.92 Å². The number of benzene rings is 2. The number of hydrogen-bond donors (Lipinski definition) is 3. The first-order valence-electron chi connectivity index (χ1n) is 9.81. The maximum atomic E-state index is 12.2. The lowest BCUT2D eigenvalue weighted by Gasteiger charge is -2.13. The van der Waals surface area contributed by atoms with E-state index in [-0.39, 0.29) is 10.3 Å². The number of thioether (sulfide) groups is 1. The Morgan fingerprint density at radius 2 is 1.73 bits per heavy atom. The van der Waals surface area contributed by atoms with Crippen molar-refractivity contribution in [1.29, 1.82) is 0 Å². The molecule has 0 bridgehead atoms. The molecule has 0 spiro atoms. The number of hydrogen-bond acceptors (Lipinski definition) is 9. The van der Waals surface area contributed by atoms with E-state index in [4.69, 9.17) is 4.42 Å². The van der Waals surface area contributed by atoms with Gasteiger partial charge in [0.2, 0.25) is 10.0 Å². The van der Waals surface area contributed by atoms with Gasteiger partial charge >= 0.3 is 0 Å². The van der Waals surface area contributed by atoms with Crippen molar-refractivity contribution < 1.29 is 12.8 Å². The van der Waals surface area contributed by atoms with Crippen molar-refractivity contribution >= 4 is 55.8 Å². The average Bonchev–Trinajstić information content (AvgIpc) is 2.79. The van der Waals surface area contributed by atoms with Crippen molar-refractivity contribution in [1.82, 2.24) is 14.7 Å². The van der Waals surface area contributed by atoms with Gasteiger partial charge in [-0.05, 0) is 50.6 Å². The Labute approximate surface area is 194 Å². The van der Waals surface area contributed by atoms with Crippen molar-refractivity contribution in [2.24, 2.45) is 0 Å². The van der Waals surface area contributed by atoms with Gasteiger partial charge in [-0.15, -0.1) is 11.8 Å². The van der Waals surface area contributed by atoms with Crippen molar-refractivity contribution in [2.75, 3.05) is 23.9 Å². The van der Waals surface area contributed by atoms with E-state index < -0.39 is 10.0 Å². The molecule has 0 atom stereocenters. The lowest BCUT2D eigenvalue weighted by atomic mass is 10.2. The van der Waals surface area contributed by atoms with Gasteiger partial charge in [-0.3, -0.25) is 4.79 Å². The van der Waals surface area contributed by atoms with Crippen molar-refractivity contribution in [3.8, 4) is 0 Å². The molecule has 33 heavy (non-hydrogen) atoms. The summed E-state index contributed by atoms with van der Waals surface area (Å²) >= 11 is 1.48. The summed E-state index contributed by atoms with van der Waals surface area (Å²) in [6.45, 7) is 1.73. The van der Waals surface area contributed by atoms with Gasteiger partial charge in [-0.2, -0.15) is 0 Å². The molecule has 2 aromatic carbocycles. The Hall–Kier alpha value is -3.41. The summed E-state index contributed by atoms with van der Waals surface area (Å²) in [7, 11) is -2.22. The lowest BCUT2D eigenvalue weighted by molar-refractivity contribution is 0.565. The molecule has 0 unspecified atom stereocenters. The number of anilines is 4. The van der Waals surface area contributed by atoms with Crippen molar-refractivity contribution in [3.05, 3.63) is 70.8 Å². The summed E-state index contributed by atoms with van der Waals surface area (Å²) in [5.41, 5.74) is 1.67. The second kappa shape index (κ2) is 9.22. The number of nitrogens with one attached hydrogen (secondary N) is 3. The molecular weight excluding hydrogens is 462 g/mol. The second-order valence-electron chi connectivity index (χ2n) is 7.04. The normalized spacial score (nSPS) is 11.5. The van der Waals surface area contributed by atoms with Crippen LogP contribution in [0.15, 0.2) is 73.9 Å². The molecule has 0 aliphatic rings. The van der Waals surface area contributed by atoms with E-state index >= 15 is 0 Å². The maximum Gasteiger partial charge on any atom is 0.240 e. The van der Waals surface area contributed by atoms with E-state index in [1.54, 1.807) is 49.4 Å². The minimum atomic E-state index is -3.59. The third-order valence-electron chi connectivity index (χ3n) is 4.80. The largest absolute Gasteiger partial charge is 0.461 e. The maximum absolute atomic E-state index is 12.2. The Bertz CT molecular complexity index is 1500. The Morgan fingerprint density at radius 3 is 2.45 bits per heavy atom. The molecule has 0 radical (unpaired) electrons. The molecule has 9 nitrogen and oxygen atoms in total. The van der Waals surface area contributed by atoms with Crippen LogP contribution in [-0.2, 0) is 10.0 Å². The SMILES string of the molecule is CNS(=O)(=O)c1ccc(SC)c(Nc2cc(Nc3ccc4c(=O)cc(C)oc4c3)ncn2)c1. The third-order valence-corrected chi connectivity index (χ3v) is 7.01. The summed E-state index contributed by atoms with van der Waals surface area (Å²) in [4.78, 5) is 21.6. The zero-order chi connectivity index (χ0) is 23.6. The number of nitrogens with zero attached hydrogens (tertiary/aromatic N) is 2. The number of aryl methyl sites for hydroxylation is 1. The predicted molar refractivity (Wildman–Crippen MR) is 130 cm³/mol. The average molecular weight is 484 g/mol. The molecule has 4 rings (SSSR count). The van der Waals surface area contributed by atoms with Gasteiger partial charge in [0.05, 0.1) is 16.0 Å². The highest BCUT2D eigenvalue weighted by molar-refractivity contribution is 7.98. The van der Waals surface area contributed by atoms with Crippen LogP contribution in [-0.4, -0.2) is 31.7 Å². The molecule has 0 amide bonds. The fourth-order valence-corrected chi connectivity index (χ4v) is 4.49. The van der Waals surface area contributed by atoms with Crippen molar-refractivity contribution in [3.63, 3.8) is 0 Å². The molecule has 170 valence electrons. The first-order valence-corrected chi connectivity index (χ1v) is 12.5. The molecular formula is C22H21N5O4S2. The fraction of sp³-hybridized carbons (Fsp3) is 0.136. The van der Waals surface area contributed by atoms with E-state index in [2.05, 4.69) is 25.3 Å². The van der Waals surface area contributed by atoms with Crippen LogP contribution >= 0.6 is 11.8 Å². The van der Waals surface area contributed by atoms with Gasteiger partial charge in [-0.1, -0.05) is 0 Å². The second-order valence-corrected chi connectivity index (χ2v) is 9.77. The molecule has 0 fully saturated rings. The smallest absolute Gasteiger partial charge is 0.240 e. The van der Waals surface area contributed by atoms with Crippen LogP contribution in [0.4, 0.5) is 23.0 Å². The summed E-state index contributed by atoms with van der Waals surface area (Å²) in [6, 6.07) is 13.2. The van der Waals surface area contributed by atoms with E-state index in [9.17, 15) is 13.2 Å². The Morgan fingerprint density at radius 1 is 0.970 bits per heavy atom. The molecule has 0 aliphatic heterocycles. The quantitative estimate of drug-likeness (QED) is 0.334. The number of rotatable bonds is 7. The number of sulfonamides is 1. The molecule has 0 aliphatic carbocycles. The lowest BCUT2D eigenvalue weighted by Crippen LogP contribution is -2.18. The minimum absolute atomic E-state index is 0.0964. The molecule has 4 aromatic rings. The van der Waals surface area contributed by atoms with Gasteiger partial charge in [0, 0.05) is 28.8 Å². The Kier molecular flexibility index (Phi) is 6.36. The monoisotopic (exact) mass is 483 g/mol. The van der Waals surface area contributed by atoms with Crippen LogP contribution in [0.2, 0.25) is 0 Å². The van der Waals surface area contributed by atoms with Gasteiger partial charge < -0.3 is 15.1 Å². The van der Waals surface area contributed by atoms with Gasteiger partial charge in [0.25, 0.3) is 0 Å². The van der Waals surface area contributed by atoms with Crippen LogP contribution in [0.1, 0.15) is 5.76 Å². The highest BCUT2D eigenvalue weighted by atomic mass is 32.2. The molecule has 2 heterocycles. The van der Waals surface area contributed by atoms with Crippen LogP contribution in [0.3, 0.4) is 0 Å². The van der Waals surface area contributed by atoms with E-state index in [1.807, 2.05) is 6.26 Å². The zero-order valence-corrected chi connectivity index (χ0v) is 19.7. The van der Waals surface area contributed by atoms with Gasteiger partial charge in [0.1, 0.15) is 29.3 Å².